The fourth-order valence-electron chi connectivity index (χ4n) is 2.85. The first-order valence-electron chi connectivity index (χ1n) is 8.97. The van der Waals surface area contributed by atoms with Crippen molar-refractivity contribution >= 4 is 11.9 Å². The summed E-state index contributed by atoms with van der Waals surface area (Å²) in [5.74, 6) is 0.156. The number of unbranched alkanes of at least 4 members (excludes halogenated alkanes) is 1. The molecule has 0 aromatic rings. The Hall–Kier alpha value is -1.06. The van der Waals surface area contributed by atoms with E-state index in [4.69, 9.17) is 9.47 Å². The first-order valence-corrected chi connectivity index (χ1v) is 8.97. The van der Waals surface area contributed by atoms with Crippen LogP contribution in [0.5, 0.6) is 0 Å². The zero-order valence-electron chi connectivity index (χ0n) is 14.3. The van der Waals surface area contributed by atoms with Crippen molar-refractivity contribution < 1.29 is 19.1 Å². The Kier molecular flexibility index (Phi) is 9.93. The summed E-state index contributed by atoms with van der Waals surface area (Å²) in [5, 5.41) is 0. The molecule has 1 fully saturated rings. The van der Waals surface area contributed by atoms with E-state index in [0.29, 0.717) is 31.8 Å². The molecule has 1 aliphatic carbocycles. The Morgan fingerprint density at radius 2 is 1.73 bits per heavy atom. The van der Waals surface area contributed by atoms with Crippen molar-refractivity contribution in [1.82, 2.24) is 0 Å². The number of rotatable bonds is 10. The molecule has 0 amide bonds. The Morgan fingerprint density at radius 1 is 1.05 bits per heavy atom. The van der Waals surface area contributed by atoms with Gasteiger partial charge in [0, 0.05) is 12.8 Å². The number of hydrogen-bond acceptors (Lipinski definition) is 4. The predicted molar refractivity (Wildman–Crippen MR) is 86.5 cm³/mol. The highest BCUT2D eigenvalue weighted by Crippen LogP contribution is 2.23. The molecule has 0 radical (unpaired) electrons. The van der Waals surface area contributed by atoms with E-state index in [1.807, 2.05) is 6.92 Å². The van der Waals surface area contributed by atoms with Gasteiger partial charge in [0.2, 0.25) is 0 Å². The summed E-state index contributed by atoms with van der Waals surface area (Å²) in [7, 11) is 0. The molecule has 4 nitrogen and oxygen atoms in total. The van der Waals surface area contributed by atoms with Crippen LogP contribution in [0.2, 0.25) is 0 Å². The third-order valence-electron chi connectivity index (χ3n) is 4.26. The van der Waals surface area contributed by atoms with Crippen molar-refractivity contribution in [3.05, 3.63) is 0 Å². The molecule has 0 heterocycles. The molecule has 1 saturated carbocycles. The van der Waals surface area contributed by atoms with Gasteiger partial charge >= 0.3 is 11.9 Å². The van der Waals surface area contributed by atoms with Gasteiger partial charge in [-0.25, -0.2) is 0 Å². The van der Waals surface area contributed by atoms with Crippen molar-refractivity contribution in [3.63, 3.8) is 0 Å². The van der Waals surface area contributed by atoms with Gasteiger partial charge in [0.15, 0.2) is 0 Å². The summed E-state index contributed by atoms with van der Waals surface area (Å²) in [6.07, 6.45) is 10.4. The average Bonchev–Trinajstić information content (AvgIpc) is 2.52. The molecule has 4 heteroatoms. The molecular formula is C18H32O4. The van der Waals surface area contributed by atoms with Gasteiger partial charge in [-0.1, -0.05) is 39.0 Å². The van der Waals surface area contributed by atoms with Crippen molar-refractivity contribution in [2.75, 3.05) is 6.61 Å². The van der Waals surface area contributed by atoms with Gasteiger partial charge in [-0.2, -0.15) is 0 Å². The molecule has 0 aromatic carbocycles. The third kappa shape index (κ3) is 9.06. The highest BCUT2D eigenvalue weighted by atomic mass is 16.5. The molecule has 0 bridgehead atoms. The van der Waals surface area contributed by atoms with Crippen LogP contribution in [0.25, 0.3) is 0 Å². The van der Waals surface area contributed by atoms with E-state index in [1.54, 1.807) is 0 Å². The number of carbonyl (C=O) groups is 2. The number of carbonyl (C=O) groups excluding carboxylic acids is 2. The maximum atomic E-state index is 11.7. The topological polar surface area (TPSA) is 52.6 Å². The SMILES string of the molecule is CCCCC(C)OC(=O)CCCC(=O)OCC1CCCCC1. The molecule has 0 saturated heterocycles. The van der Waals surface area contributed by atoms with E-state index in [9.17, 15) is 9.59 Å². The van der Waals surface area contributed by atoms with Crippen molar-refractivity contribution in [2.24, 2.45) is 5.92 Å². The molecule has 1 rings (SSSR count). The minimum Gasteiger partial charge on any atom is -0.465 e. The van der Waals surface area contributed by atoms with Crippen LogP contribution in [0.1, 0.15) is 84.5 Å². The monoisotopic (exact) mass is 312 g/mol. The lowest BCUT2D eigenvalue weighted by atomic mass is 9.90. The largest absolute Gasteiger partial charge is 0.465 e. The van der Waals surface area contributed by atoms with Gasteiger partial charge in [-0.15, -0.1) is 0 Å². The fraction of sp³-hybridized carbons (Fsp3) is 0.889. The van der Waals surface area contributed by atoms with Gasteiger partial charge in [0.25, 0.3) is 0 Å². The Balaban J connectivity index is 2.02. The van der Waals surface area contributed by atoms with E-state index in [1.165, 1.54) is 32.1 Å². The van der Waals surface area contributed by atoms with Crippen molar-refractivity contribution in [2.45, 2.75) is 90.6 Å². The smallest absolute Gasteiger partial charge is 0.306 e. The van der Waals surface area contributed by atoms with Gasteiger partial charge in [-0.3, -0.25) is 9.59 Å². The molecule has 0 N–H and O–H groups in total. The van der Waals surface area contributed by atoms with Crippen LogP contribution in [-0.2, 0) is 19.1 Å². The molecule has 0 aromatic heterocycles. The highest BCUT2D eigenvalue weighted by Gasteiger charge is 2.16. The van der Waals surface area contributed by atoms with Crippen molar-refractivity contribution in [1.29, 1.82) is 0 Å². The lowest BCUT2D eigenvalue weighted by Crippen LogP contribution is -2.17. The zero-order chi connectivity index (χ0) is 16.2. The van der Waals surface area contributed by atoms with Crippen LogP contribution >= 0.6 is 0 Å². The summed E-state index contributed by atoms with van der Waals surface area (Å²) in [4.78, 5) is 23.3. The average molecular weight is 312 g/mol. The standard InChI is InChI=1S/C18H32O4/c1-3-4-9-15(2)22-18(20)13-8-12-17(19)21-14-16-10-6-5-7-11-16/h15-16H,3-14H2,1-2H3. The molecular weight excluding hydrogens is 280 g/mol. The summed E-state index contributed by atoms with van der Waals surface area (Å²) in [6, 6.07) is 0. The molecule has 1 atom stereocenters. The van der Waals surface area contributed by atoms with Crippen LogP contribution < -0.4 is 0 Å². The van der Waals surface area contributed by atoms with Gasteiger partial charge in [0.1, 0.15) is 0 Å². The first kappa shape index (κ1) is 19.0. The molecule has 1 unspecified atom stereocenters. The van der Waals surface area contributed by atoms with Crippen LogP contribution in [0.15, 0.2) is 0 Å². The maximum Gasteiger partial charge on any atom is 0.306 e. The van der Waals surface area contributed by atoms with E-state index >= 15 is 0 Å². The third-order valence-corrected chi connectivity index (χ3v) is 4.26. The molecule has 22 heavy (non-hydrogen) atoms. The molecule has 0 spiro atoms. The highest BCUT2D eigenvalue weighted by molar-refractivity contribution is 5.72. The number of hydrogen-bond donors (Lipinski definition) is 0. The maximum absolute atomic E-state index is 11.7. The summed E-state index contributed by atoms with van der Waals surface area (Å²) >= 11 is 0. The quantitative estimate of drug-likeness (QED) is 0.561. The minimum absolute atomic E-state index is 0.0225. The summed E-state index contributed by atoms with van der Waals surface area (Å²) < 4.78 is 10.6. The van der Waals surface area contributed by atoms with Crippen LogP contribution in [0.4, 0.5) is 0 Å². The fourth-order valence-corrected chi connectivity index (χ4v) is 2.85. The zero-order valence-corrected chi connectivity index (χ0v) is 14.3. The van der Waals surface area contributed by atoms with Crippen LogP contribution in [0.3, 0.4) is 0 Å². The number of esters is 2. The van der Waals surface area contributed by atoms with E-state index in [2.05, 4.69) is 6.92 Å². The summed E-state index contributed by atoms with van der Waals surface area (Å²) in [6.45, 7) is 4.59. The Bertz CT molecular complexity index is 321. The molecule has 1 aliphatic rings. The lowest BCUT2D eigenvalue weighted by Gasteiger charge is -2.21. The Labute approximate surface area is 134 Å². The van der Waals surface area contributed by atoms with Gasteiger partial charge < -0.3 is 9.47 Å². The van der Waals surface area contributed by atoms with E-state index in [-0.39, 0.29) is 18.0 Å². The number of ether oxygens (including phenoxy) is 2. The lowest BCUT2D eigenvalue weighted by molar-refractivity contribution is -0.149. The normalized spacial score (nSPS) is 17.0. The second-order valence-electron chi connectivity index (χ2n) is 6.48. The minimum atomic E-state index is -0.205. The van der Waals surface area contributed by atoms with E-state index in [0.717, 1.165) is 19.3 Å². The second kappa shape index (κ2) is 11.5. The van der Waals surface area contributed by atoms with Crippen molar-refractivity contribution in [3.8, 4) is 0 Å². The molecule has 128 valence electrons. The summed E-state index contributed by atoms with van der Waals surface area (Å²) in [5.41, 5.74) is 0. The first-order chi connectivity index (χ1) is 10.6. The van der Waals surface area contributed by atoms with E-state index < -0.39 is 0 Å². The second-order valence-corrected chi connectivity index (χ2v) is 6.48. The van der Waals surface area contributed by atoms with Gasteiger partial charge in [-0.05, 0) is 38.5 Å². The molecule has 0 aliphatic heterocycles. The van der Waals surface area contributed by atoms with Crippen LogP contribution in [0, 0.1) is 5.92 Å². The van der Waals surface area contributed by atoms with Gasteiger partial charge in [0.05, 0.1) is 12.7 Å². The van der Waals surface area contributed by atoms with Crippen LogP contribution in [-0.4, -0.2) is 24.6 Å². The Morgan fingerprint density at radius 3 is 2.41 bits per heavy atom. The predicted octanol–water partition coefficient (Wildman–Crippen LogP) is 4.40.